The van der Waals surface area contributed by atoms with Gasteiger partial charge in [-0.2, -0.15) is 0 Å². The molecule has 0 amide bonds. The molecule has 4 heterocycles. The molecule has 180 valence electrons. The maximum Gasteiger partial charge on any atom is 0.178 e. The second kappa shape index (κ2) is 7.80. The molecule has 2 N–H and O–H groups in total. The minimum atomic E-state index is -0.282. The van der Waals surface area contributed by atoms with Gasteiger partial charge in [0.25, 0.3) is 0 Å². The van der Waals surface area contributed by atoms with E-state index in [1.807, 2.05) is 54.3 Å². The molecule has 0 spiro atoms. The van der Waals surface area contributed by atoms with Crippen molar-refractivity contribution < 1.29 is 4.39 Å². The van der Waals surface area contributed by atoms with E-state index >= 15 is 0 Å². The zero-order valence-electron chi connectivity index (χ0n) is 20.0. The molecular formula is C28H26FN7. The zero-order valence-corrected chi connectivity index (χ0v) is 20.0. The van der Waals surface area contributed by atoms with E-state index in [2.05, 4.69) is 20.9 Å². The van der Waals surface area contributed by atoms with Crippen molar-refractivity contribution in [1.82, 2.24) is 24.5 Å². The lowest BCUT2D eigenvalue weighted by Crippen LogP contribution is -2.32. The number of aryl methyl sites for hydroxylation is 1. The first kappa shape index (κ1) is 21.4. The van der Waals surface area contributed by atoms with Gasteiger partial charge in [-0.25, -0.2) is 24.3 Å². The molecule has 3 atom stereocenters. The lowest BCUT2D eigenvalue weighted by molar-refractivity contribution is 0.533. The molecule has 7 nitrogen and oxygen atoms in total. The van der Waals surface area contributed by atoms with Crippen LogP contribution in [0.15, 0.2) is 67.1 Å². The molecule has 0 radical (unpaired) electrons. The normalized spacial score (nSPS) is 23.2. The van der Waals surface area contributed by atoms with Crippen LogP contribution >= 0.6 is 0 Å². The van der Waals surface area contributed by atoms with Gasteiger partial charge in [-0.05, 0) is 54.2 Å². The average Bonchev–Trinajstić information content (AvgIpc) is 3.43. The molecule has 1 aliphatic carbocycles. The van der Waals surface area contributed by atoms with Crippen molar-refractivity contribution in [2.24, 2.45) is 24.6 Å². The standard InChI is InChI=1S/C28H26FN7/c1-35-16-32-23-7-6-17(12-25(23)35)22-8-9-24-27(34-22)31-13-26(33-24)36-11-10-18-20(14-36)28(18,15-30)19-4-2-3-5-21(19)29/h2-9,12-13,16,18,20H,10-11,14-15,30H2,1H3/t18-,20+,28-/m1/s1. The summed E-state index contributed by atoms with van der Waals surface area (Å²) in [6, 6.07) is 17.2. The Morgan fingerprint density at radius 3 is 2.75 bits per heavy atom. The van der Waals surface area contributed by atoms with E-state index in [0.29, 0.717) is 24.0 Å². The van der Waals surface area contributed by atoms with Gasteiger partial charge in [-0.1, -0.05) is 24.3 Å². The van der Waals surface area contributed by atoms with Gasteiger partial charge in [0.15, 0.2) is 5.65 Å². The molecular weight excluding hydrogens is 453 g/mol. The van der Waals surface area contributed by atoms with Gasteiger partial charge in [0.2, 0.25) is 0 Å². The van der Waals surface area contributed by atoms with E-state index in [1.165, 1.54) is 0 Å². The van der Waals surface area contributed by atoms with Crippen LogP contribution in [-0.2, 0) is 12.5 Å². The maximum atomic E-state index is 14.7. The summed E-state index contributed by atoms with van der Waals surface area (Å²) in [5, 5.41) is 0. The smallest absolute Gasteiger partial charge is 0.178 e. The van der Waals surface area contributed by atoms with Crippen LogP contribution in [0.5, 0.6) is 0 Å². The van der Waals surface area contributed by atoms with Gasteiger partial charge in [-0.15, -0.1) is 0 Å². The molecule has 3 aromatic heterocycles. The van der Waals surface area contributed by atoms with Crippen molar-refractivity contribution in [2.45, 2.75) is 11.8 Å². The number of anilines is 1. The molecule has 0 unspecified atom stereocenters. The van der Waals surface area contributed by atoms with Crippen molar-refractivity contribution in [1.29, 1.82) is 0 Å². The number of piperidine rings is 1. The van der Waals surface area contributed by atoms with E-state index in [-0.39, 0.29) is 11.2 Å². The largest absolute Gasteiger partial charge is 0.355 e. The number of halogens is 1. The summed E-state index contributed by atoms with van der Waals surface area (Å²) < 4.78 is 16.7. The number of benzene rings is 2. The SMILES string of the molecule is Cn1cnc2ccc(-c3ccc4nc(N5CC[C@@H]6[C@H](C5)[C@@]6(CN)c5ccccc5F)cnc4n3)cc21. The number of fused-ring (bicyclic) bond motifs is 3. The molecule has 2 aromatic carbocycles. The topological polar surface area (TPSA) is 85.8 Å². The van der Waals surface area contributed by atoms with Crippen molar-refractivity contribution in [2.75, 3.05) is 24.5 Å². The highest BCUT2D eigenvalue weighted by molar-refractivity contribution is 5.83. The average molecular weight is 480 g/mol. The van der Waals surface area contributed by atoms with Gasteiger partial charge in [0, 0.05) is 37.7 Å². The Morgan fingerprint density at radius 2 is 1.89 bits per heavy atom. The minimum absolute atomic E-state index is 0.154. The highest BCUT2D eigenvalue weighted by Crippen LogP contribution is 2.63. The Balaban J connectivity index is 1.16. The number of nitrogens with two attached hydrogens (primary N) is 1. The highest BCUT2D eigenvalue weighted by Gasteiger charge is 2.66. The van der Waals surface area contributed by atoms with Crippen LogP contribution in [0.2, 0.25) is 0 Å². The summed E-state index contributed by atoms with van der Waals surface area (Å²) in [4.78, 5) is 21.0. The predicted octanol–water partition coefficient (Wildman–Crippen LogP) is 4.07. The van der Waals surface area contributed by atoms with Gasteiger partial charge >= 0.3 is 0 Å². The summed E-state index contributed by atoms with van der Waals surface area (Å²) in [7, 11) is 1.98. The number of pyridine rings is 1. The van der Waals surface area contributed by atoms with Crippen LogP contribution in [0.25, 0.3) is 33.5 Å². The third kappa shape index (κ3) is 3.07. The van der Waals surface area contributed by atoms with Gasteiger partial charge < -0.3 is 15.2 Å². The molecule has 8 heteroatoms. The van der Waals surface area contributed by atoms with E-state index in [4.69, 9.17) is 15.7 Å². The second-order valence-electron chi connectivity index (χ2n) is 10.00. The molecule has 36 heavy (non-hydrogen) atoms. The van der Waals surface area contributed by atoms with Crippen molar-refractivity contribution in [3.63, 3.8) is 0 Å². The first-order valence-electron chi connectivity index (χ1n) is 12.3. The van der Waals surface area contributed by atoms with Crippen molar-refractivity contribution in [3.8, 4) is 11.3 Å². The fraction of sp³-hybridized carbons (Fsp3) is 0.286. The Kier molecular flexibility index (Phi) is 4.63. The number of hydrogen-bond donors (Lipinski definition) is 1. The Labute approximate surface area is 207 Å². The number of rotatable bonds is 4. The zero-order chi connectivity index (χ0) is 24.4. The maximum absolute atomic E-state index is 14.7. The Bertz CT molecular complexity index is 1630. The van der Waals surface area contributed by atoms with Crippen LogP contribution in [0, 0.1) is 17.7 Å². The minimum Gasteiger partial charge on any atom is -0.355 e. The fourth-order valence-electron chi connectivity index (χ4n) is 6.33. The molecule has 2 aliphatic rings. The van der Waals surface area contributed by atoms with Crippen LogP contribution in [0.3, 0.4) is 0 Å². The summed E-state index contributed by atoms with van der Waals surface area (Å²) >= 11 is 0. The number of nitrogens with zero attached hydrogens (tertiary/aromatic N) is 6. The van der Waals surface area contributed by atoms with Gasteiger partial charge in [0.1, 0.15) is 17.2 Å². The Hall–Kier alpha value is -3.91. The first-order valence-corrected chi connectivity index (χ1v) is 12.3. The van der Waals surface area contributed by atoms with E-state index in [9.17, 15) is 4.39 Å². The summed E-state index contributed by atoms with van der Waals surface area (Å²) in [6.45, 7) is 2.11. The van der Waals surface area contributed by atoms with Crippen LogP contribution < -0.4 is 10.6 Å². The molecule has 1 saturated heterocycles. The third-order valence-corrected chi connectivity index (χ3v) is 8.28. The third-order valence-electron chi connectivity index (χ3n) is 8.28. The first-order chi connectivity index (χ1) is 17.6. The number of aromatic nitrogens is 5. The molecule has 5 aromatic rings. The van der Waals surface area contributed by atoms with E-state index < -0.39 is 0 Å². The van der Waals surface area contributed by atoms with Gasteiger partial charge in [-0.3, -0.25) is 0 Å². The van der Waals surface area contributed by atoms with E-state index in [1.54, 1.807) is 18.3 Å². The van der Waals surface area contributed by atoms with E-state index in [0.717, 1.165) is 58.7 Å². The predicted molar refractivity (Wildman–Crippen MR) is 138 cm³/mol. The molecule has 0 bridgehead atoms. The quantitative estimate of drug-likeness (QED) is 0.418. The summed E-state index contributed by atoms with van der Waals surface area (Å²) in [6.07, 6.45) is 4.58. The monoisotopic (exact) mass is 479 g/mol. The lowest BCUT2D eigenvalue weighted by Gasteiger charge is -2.27. The number of imidazole rings is 1. The molecule has 1 aliphatic heterocycles. The lowest BCUT2D eigenvalue weighted by atomic mass is 9.91. The molecule has 2 fully saturated rings. The molecule has 7 rings (SSSR count). The van der Waals surface area contributed by atoms with Crippen LogP contribution in [-0.4, -0.2) is 44.1 Å². The molecule has 1 saturated carbocycles. The highest BCUT2D eigenvalue weighted by atomic mass is 19.1. The fourth-order valence-corrected chi connectivity index (χ4v) is 6.33. The number of hydrogen-bond acceptors (Lipinski definition) is 6. The Morgan fingerprint density at radius 1 is 1.03 bits per heavy atom. The summed E-state index contributed by atoms with van der Waals surface area (Å²) in [5.74, 6) is 1.40. The van der Waals surface area contributed by atoms with Crippen LogP contribution in [0.1, 0.15) is 12.0 Å². The van der Waals surface area contributed by atoms with Crippen molar-refractivity contribution in [3.05, 3.63) is 78.5 Å². The van der Waals surface area contributed by atoms with Crippen LogP contribution in [0.4, 0.5) is 10.2 Å². The summed E-state index contributed by atoms with van der Waals surface area (Å²) in [5.41, 5.74) is 12.0. The second-order valence-corrected chi connectivity index (χ2v) is 10.00. The van der Waals surface area contributed by atoms with Crippen molar-refractivity contribution >= 4 is 28.0 Å². The van der Waals surface area contributed by atoms with Gasteiger partial charge in [0.05, 0.1) is 29.3 Å².